The van der Waals surface area contributed by atoms with Crippen molar-refractivity contribution < 1.29 is 0 Å². The van der Waals surface area contributed by atoms with E-state index in [0.29, 0.717) is 4.75 Å². The largest absolute Gasteiger partial charge is 0.383 e. The Kier molecular flexibility index (Phi) is 3.11. The number of anilines is 1. The van der Waals surface area contributed by atoms with Gasteiger partial charge in [0.05, 0.1) is 11.3 Å². The van der Waals surface area contributed by atoms with Crippen LogP contribution in [0.3, 0.4) is 0 Å². The molecule has 0 atom stereocenters. The van der Waals surface area contributed by atoms with Gasteiger partial charge in [0.15, 0.2) is 0 Å². The predicted octanol–water partition coefficient (Wildman–Crippen LogP) is 3.17. The van der Waals surface area contributed by atoms with Crippen molar-refractivity contribution in [1.29, 1.82) is 5.26 Å². The monoisotopic (exact) mass is 232 g/mol. The molecule has 1 saturated carbocycles. The van der Waals surface area contributed by atoms with Crippen LogP contribution in [-0.2, 0) is 0 Å². The van der Waals surface area contributed by atoms with Crippen LogP contribution in [0.15, 0.2) is 18.2 Å². The zero-order valence-corrected chi connectivity index (χ0v) is 10.5. The van der Waals surface area contributed by atoms with E-state index in [9.17, 15) is 0 Å². The van der Waals surface area contributed by atoms with Crippen molar-refractivity contribution in [2.75, 3.05) is 18.1 Å². The van der Waals surface area contributed by atoms with E-state index in [-0.39, 0.29) is 0 Å². The highest BCUT2D eigenvalue weighted by Gasteiger charge is 2.41. The van der Waals surface area contributed by atoms with Crippen LogP contribution in [0.25, 0.3) is 0 Å². The first-order chi connectivity index (χ1) is 7.69. The molecule has 1 fully saturated rings. The van der Waals surface area contributed by atoms with E-state index in [1.165, 1.54) is 18.4 Å². The summed E-state index contributed by atoms with van der Waals surface area (Å²) in [5, 5.41) is 12.4. The number of benzene rings is 1. The number of nitriles is 1. The van der Waals surface area contributed by atoms with Gasteiger partial charge in [-0.15, -0.1) is 0 Å². The average molecular weight is 232 g/mol. The van der Waals surface area contributed by atoms with Crippen LogP contribution in [0.2, 0.25) is 0 Å². The highest BCUT2D eigenvalue weighted by molar-refractivity contribution is 8.00. The molecule has 2 nitrogen and oxygen atoms in total. The Balaban J connectivity index is 2.09. The fourth-order valence-electron chi connectivity index (χ4n) is 1.75. The molecule has 1 aliphatic carbocycles. The smallest absolute Gasteiger partial charge is 0.101 e. The molecule has 0 heterocycles. The lowest BCUT2D eigenvalue weighted by molar-refractivity contribution is 0.948. The first-order valence-corrected chi connectivity index (χ1v) is 6.71. The lowest BCUT2D eigenvalue weighted by Gasteiger charge is -2.15. The summed E-state index contributed by atoms with van der Waals surface area (Å²) in [5.74, 6) is 0. The number of nitrogens with one attached hydrogen (secondary N) is 1. The first-order valence-electron chi connectivity index (χ1n) is 5.49. The number of nitrogens with zero attached hydrogens (tertiary/aromatic N) is 1. The van der Waals surface area contributed by atoms with Gasteiger partial charge >= 0.3 is 0 Å². The van der Waals surface area contributed by atoms with Crippen molar-refractivity contribution in [2.24, 2.45) is 0 Å². The molecule has 1 aromatic rings. The van der Waals surface area contributed by atoms with Crippen molar-refractivity contribution in [3.05, 3.63) is 29.3 Å². The highest BCUT2D eigenvalue weighted by Crippen LogP contribution is 2.47. The highest BCUT2D eigenvalue weighted by atomic mass is 32.2. The van der Waals surface area contributed by atoms with Crippen molar-refractivity contribution in [2.45, 2.75) is 24.5 Å². The summed E-state index contributed by atoms with van der Waals surface area (Å²) in [6, 6.07) is 8.14. The van der Waals surface area contributed by atoms with E-state index in [4.69, 9.17) is 5.26 Å². The van der Waals surface area contributed by atoms with Gasteiger partial charge < -0.3 is 5.32 Å². The van der Waals surface area contributed by atoms with Crippen LogP contribution in [0.5, 0.6) is 0 Å². The van der Waals surface area contributed by atoms with Crippen LogP contribution in [0, 0.1) is 18.3 Å². The van der Waals surface area contributed by atoms with Gasteiger partial charge in [0.25, 0.3) is 0 Å². The van der Waals surface area contributed by atoms with Crippen LogP contribution in [-0.4, -0.2) is 17.5 Å². The van der Waals surface area contributed by atoms with Gasteiger partial charge in [-0.05, 0) is 43.7 Å². The van der Waals surface area contributed by atoms with Crippen molar-refractivity contribution in [3.8, 4) is 6.07 Å². The Bertz CT molecular complexity index is 430. The van der Waals surface area contributed by atoms with Crippen molar-refractivity contribution in [1.82, 2.24) is 0 Å². The Morgan fingerprint density at radius 2 is 2.25 bits per heavy atom. The molecule has 84 valence electrons. The van der Waals surface area contributed by atoms with E-state index in [0.717, 1.165) is 17.8 Å². The average Bonchev–Trinajstić information content (AvgIpc) is 3.07. The minimum absolute atomic E-state index is 0.427. The van der Waals surface area contributed by atoms with E-state index in [2.05, 4.69) is 23.7 Å². The summed E-state index contributed by atoms with van der Waals surface area (Å²) in [5.41, 5.74) is 2.90. The Hall–Kier alpha value is -1.14. The lowest BCUT2D eigenvalue weighted by Crippen LogP contribution is -2.18. The fourth-order valence-corrected chi connectivity index (χ4v) is 2.48. The summed E-state index contributed by atoms with van der Waals surface area (Å²) < 4.78 is 0.427. The van der Waals surface area contributed by atoms with Gasteiger partial charge in [0, 0.05) is 11.3 Å². The van der Waals surface area contributed by atoms with Crippen LogP contribution >= 0.6 is 11.8 Å². The quantitative estimate of drug-likeness (QED) is 0.866. The molecule has 0 spiro atoms. The maximum atomic E-state index is 9.02. The Morgan fingerprint density at radius 3 is 2.81 bits per heavy atom. The van der Waals surface area contributed by atoms with Gasteiger partial charge in [-0.2, -0.15) is 17.0 Å². The SMILES string of the molecule is CSC1(CNc2cc(C)ccc2C#N)CC1. The van der Waals surface area contributed by atoms with Gasteiger partial charge in [0.2, 0.25) is 0 Å². The maximum Gasteiger partial charge on any atom is 0.101 e. The Morgan fingerprint density at radius 1 is 1.50 bits per heavy atom. The van der Waals surface area contributed by atoms with Gasteiger partial charge in [0.1, 0.15) is 6.07 Å². The van der Waals surface area contributed by atoms with E-state index < -0.39 is 0 Å². The third-order valence-electron chi connectivity index (χ3n) is 3.14. The minimum Gasteiger partial charge on any atom is -0.383 e. The number of aryl methyl sites for hydroxylation is 1. The van der Waals surface area contributed by atoms with Crippen molar-refractivity contribution in [3.63, 3.8) is 0 Å². The molecule has 0 bridgehead atoms. The molecule has 1 aliphatic rings. The Labute approximate surface area is 101 Å². The first kappa shape index (κ1) is 11.3. The third kappa shape index (κ3) is 2.33. The molecular weight excluding hydrogens is 216 g/mol. The van der Waals surface area contributed by atoms with Crippen LogP contribution in [0.4, 0.5) is 5.69 Å². The second-order valence-electron chi connectivity index (χ2n) is 4.40. The molecule has 0 saturated heterocycles. The van der Waals surface area contributed by atoms with E-state index in [1.54, 1.807) is 0 Å². The molecule has 2 rings (SSSR count). The topological polar surface area (TPSA) is 35.8 Å². The molecule has 1 N–H and O–H groups in total. The molecule has 16 heavy (non-hydrogen) atoms. The van der Waals surface area contributed by atoms with Gasteiger partial charge in [-0.1, -0.05) is 6.07 Å². The summed E-state index contributed by atoms with van der Waals surface area (Å²) in [7, 11) is 0. The predicted molar refractivity (Wildman–Crippen MR) is 69.9 cm³/mol. The lowest BCUT2D eigenvalue weighted by atomic mass is 10.1. The zero-order valence-electron chi connectivity index (χ0n) is 9.71. The molecule has 0 unspecified atom stereocenters. The standard InChI is InChI=1S/C13H16N2S/c1-10-3-4-11(8-14)12(7-10)15-9-13(16-2)5-6-13/h3-4,7,15H,5-6,9H2,1-2H3. The molecule has 0 aromatic heterocycles. The summed E-state index contributed by atoms with van der Waals surface area (Å²) in [6.45, 7) is 3.01. The zero-order chi connectivity index (χ0) is 11.6. The molecule has 0 amide bonds. The molecule has 0 radical (unpaired) electrons. The third-order valence-corrected chi connectivity index (χ3v) is 4.56. The summed E-state index contributed by atoms with van der Waals surface area (Å²) in [6.07, 6.45) is 4.74. The summed E-state index contributed by atoms with van der Waals surface area (Å²) >= 11 is 1.93. The number of hydrogen-bond donors (Lipinski definition) is 1. The number of thioether (sulfide) groups is 1. The second-order valence-corrected chi connectivity index (χ2v) is 5.68. The van der Waals surface area contributed by atoms with Gasteiger partial charge in [-0.3, -0.25) is 0 Å². The second kappa shape index (κ2) is 4.39. The van der Waals surface area contributed by atoms with Crippen LogP contribution < -0.4 is 5.32 Å². The molecule has 3 heteroatoms. The number of rotatable bonds is 4. The van der Waals surface area contributed by atoms with Gasteiger partial charge in [-0.25, -0.2) is 0 Å². The van der Waals surface area contributed by atoms with Crippen molar-refractivity contribution >= 4 is 17.4 Å². The fraction of sp³-hybridized carbons (Fsp3) is 0.462. The number of hydrogen-bond acceptors (Lipinski definition) is 3. The van der Waals surface area contributed by atoms with E-state index >= 15 is 0 Å². The van der Waals surface area contributed by atoms with E-state index in [1.807, 2.05) is 30.8 Å². The van der Waals surface area contributed by atoms with Crippen LogP contribution in [0.1, 0.15) is 24.0 Å². The maximum absolute atomic E-state index is 9.02. The summed E-state index contributed by atoms with van der Waals surface area (Å²) in [4.78, 5) is 0. The minimum atomic E-state index is 0.427. The normalized spacial score (nSPS) is 16.6. The molecule has 0 aliphatic heterocycles. The molecular formula is C13H16N2S. The molecule has 1 aromatic carbocycles.